The monoisotopic (exact) mass is 316 g/mol. The van der Waals surface area contributed by atoms with Crippen LogP contribution in [0.15, 0.2) is 0 Å². The maximum atomic E-state index is 11.6. The van der Waals surface area contributed by atoms with Crippen molar-refractivity contribution in [2.45, 2.75) is 51.0 Å². The molecule has 0 N–H and O–H groups in total. The zero-order valence-electron chi connectivity index (χ0n) is 15.3. The summed E-state index contributed by atoms with van der Waals surface area (Å²) >= 11 is 0. The van der Waals surface area contributed by atoms with Crippen LogP contribution in [0.4, 0.5) is 0 Å². The number of carbonyl (C=O) groups is 2. The molecule has 0 bridgehead atoms. The minimum Gasteiger partial charge on any atom is -0.456 e. The highest BCUT2D eigenvalue weighted by atomic mass is 16.6. The molecule has 6 nitrogen and oxygen atoms in total. The van der Waals surface area contributed by atoms with Gasteiger partial charge in [-0.05, 0) is 6.42 Å². The lowest BCUT2D eigenvalue weighted by atomic mass is 9.82. The summed E-state index contributed by atoms with van der Waals surface area (Å²) in [5, 5.41) is 0. The molecule has 1 fully saturated rings. The van der Waals surface area contributed by atoms with Gasteiger partial charge < -0.3 is 18.4 Å². The predicted molar refractivity (Wildman–Crippen MR) is 84.0 cm³/mol. The molecular formula is C16H32N2O4+2. The average Bonchev–Trinajstić information content (AvgIpc) is 2.23. The summed E-state index contributed by atoms with van der Waals surface area (Å²) in [7, 11) is 12.5. The van der Waals surface area contributed by atoms with Gasteiger partial charge in [-0.3, -0.25) is 9.59 Å². The quantitative estimate of drug-likeness (QED) is 0.568. The molecule has 0 aliphatic heterocycles. The van der Waals surface area contributed by atoms with Crippen molar-refractivity contribution in [2.24, 2.45) is 0 Å². The SMILES string of the molecule is CC(=O)O[C@H]1[C@H]([N+](C)(C)C)[C@H](OC(C)=O)CC[C@@H]1[N+](C)(C)C. The Bertz CT molecular complexity index is 423. The van der Waals surface area contributed by atoms with Gasteiger partial charge in [0, 0.05) is 20.3 Å². The van der Waals surface area contributed by atoms with E-state index in [0.29, 0.717) is 8.97 Å². The molecule has 0 aromatic carbocycles. The topological polar surface area (TPSA) is 52.6 Å². The van der Waals surface area contributed by atoms with Crippen molar-refractivity contribution in [1.29, 1.82) is 0 Å². The largest absolute Gasteiger partial charge is 0.456 e. The summed E-state index contributed by atoms with van der Waals surface area (Å²) in [6.07, 6.45) is 1.13. The van der Waals surface area contributed by atoms with Crippen molar-refractivity contribution in [2.75, 3.05) is 42.3 Å². The minimum atomic E-state index is -0.287. The van der Waals surface area contributed by atoms with E-state index in [9.17, 15) is 9.59 Å². The normalized spacial score (nSPS) is 29.8. The number of rotatable bonds is 4. The summed E-state index contributed by atoms with van der Waals surface area (Å²) in [4.78, 5) is 23.1. The zero-order chi connectivity index (χ0) is 17.3. The van der Waals surface area contributed by atoms with Crippen molar-refractivity contribution >= 4 is 11.9 Å². The van der Waals surface area contributed by atoms with Crippen LogP contribution in [0, 0.1) is 0 Å². The highest BCUT2D eigenvalue weighted by molar-refractivity contribution is 5.67. The summed E-state index contributed by atoms with van der Waals surface area (Å²) in [5.41, 5.74) is 0. The lowest BCUT2D eigenvalue weighted by Crippen LogP contribution is -2.69. The number of quaternary nitrogens is 2. The first-order valence-corrected chi connectivity index (χ1v) is 7.80. The van der Waals surface area contributed by atoms with Crippen molar-refractivity contribution in [3.05, 3.63) is 0 Å². The van der Waals surface area contributed by atoms with Gasteiger partial charge in [-0.1, -0.05) is 0 Å². The molecule has 4 atom stereocenters. The predicted octanol–water partition coefficient (Wildman–Crippen LogP) is 0.793. The van der Waals surface area contributed by atoms with Crippen LogP contribution in [0.25, 0.3) is 0 Å². The number of ether oxygens (including phenoxy) is 2. The number of carbonyl (C=O) groups excluding carboxylic acids is 2. The van der Waals surface area contributed by atoms with E-state index < -0.39 is 0 Å². The second-order valence-electron chi connectivity index (χ2n) is 8.09. The van der Waals surface area contributed by atoms with Crippen LogP contribution in [0.3, 0.4) is 0 Å². The first-order chi connectivity index (χ1) is 9.84. The molecular weight excluding hydrogens is 284 g/mol. The first-order valence-electron chi connectivity index (χ1n) is 7.80. The van der Waals surface area contributed by atoms with E-state index in [1.54, 1.807) is 0 Å². The van der Waals surface area contributed by atoms with Crippen LogP contribution in [0.5, 0.6) is 0 Å². The summed E-state index contributed by atoms with van der Waals surface area (Å²) in [6, 6.07) is 0.0990. The van der Waals surface area contributed by atoms with Gasteiger partial charge in [0.1, 0.15) is 6.04 Å². The van der Waals surface area contributed by atoms with Gasteiger partial charge in [-0.2, -0.15) is 0 Å². The highest BCUT2D eigenvalue weighted by Gasteiger charge is 2.54. The number of hydrogen-bond acceptors (Lipinski definition) is 4. The third kappa shape index (κ3) is 4.68. The lowest BCUT2D eigenvalue weighted by Gasteiger charge is -2.50. The maximum Gasteiger partial charge on any atom is 0.303 e. The van der Waals surface area contributed by atoms with Crippen LogP contribution in [0.1, 0.15) is 26.7 Å². The molecule has 0 amide bonds. The Kier molecular flexibility index (Phi) is 5.62. The van der Waals surface area contributed by atoms with E-state index in [0.717, 1.165) is 12.8 Å². The fourth-order valence-corrected chi connectivity index (χ4v) is 3.56. The Morgan fingerprint density at radius 2 is 1.32 bits per heavy atom. The molecule has 0 unspecified atom stereocenters. The molecule has 0 heterocycles. The van der Waals surface area contributed by atoms with Crippen molar-refractivity contribution in [3.63, 3.8) is 0 Å². The molecule has 1 aliphatic carbocycles. The maximum absolute atomic E-state index is 11.6. The number of esters is 2. The third-order valence-corrected chi connectivity index (χ3v) is 4.35. The van der Waals surface area contributed by atoms with Gasteiger partial charge >= 0.3 is 11.9 Å². The van der Waals surface area contributed by atoms with Crippen LogP contribution in [-0.2, 0) is 19.1 Å². The smallest absolute Gasteiger partial charge is 0.303 e. The molecule has 1 saturated carbocycles. The van der Waals surface area contributed by atoms with E-state index >= 15 is 0 Å². The Hall–Kier alpha value is -1.14. The van der Waals surface area contributed by atoms with Crippen LogP contribution in [0.2, 0.25) is 0 Å². The molecule has 0 spiro atoms. The number of likely N-dealkylation sites (N-methyl/N-ethyl adjacent to an activating group) is 2. The molecule has 0 saturated heterocycles. The zero-order valence-corrected chi connectivity index (χ0v) is 15.3. The van der Waals surface area contributed by atoms with Crippen molar-refractivity contribution < 1.29 is 28.0 Å². The van der Waals surface area contributed by atoms with Crippen LogP contribution < -0.4 is 0 Å². The van der Waals surface area contributed by atoms with Gasteiger partial charge in [0.05, 0.1) is 42.3 Å². The third-order valence-electron chi connectivity index (χ3n) is 4.35. The molecule has 0 aromatic rings. The van der Waals surface area contributed by atoms with Gasteiger partial charge in [0.15, 0.2) is 12.1 Å². The standard InChI is InChI=1S/C16H32N2O4/c1-11(19)21-14-10-9-13(17(3,4)5)16(22-12(2)20)15(14)18(6,7)8/h13-16H,9-10H2,1-8H3/q+2/t13-,14+,15+,16+/m0/s1. The molecule has 0 aromatic heterocycles. The summed E-state index contributed by atoms with van der Waals surface area (Å²) in [5.74, 6) is -0.570. The van der Waals surface area contributed by atoms with E-state index in [4.69, 9.17) is 9.47 Å². The average molecular weight is 316 g/mol. The first kappa shape index (κ1) is 18.9. The Morgan fingerprint density at radius 3 is 1.68 bits per heavy atom. The molecule has 6 heteroatoms. The highest BCUT2D eigenvalue weighted by Crippen LogP contribution is 2.34. The number of hydrogen-bond donors (Lipinski definition) is 0. The molecule has 1 rings (SSSR count). The Morgan fingerprint density at radius 1 is 0.818 bits per heavy atom. The fraction of sp³-hybridized carbons (Fsp3) is 0.875. The van der Waals surface area contributed by atoms with Crippen molar-refractivity contribution in [3.8, 4) is 0 Å². The van der Waals surface area contributed by atoms with E-state index in [1.165, 1.54) is 13.8 Å². The minimum absolute atomic E-state index is 0.0797. The van der Waals surface area contributed by atoms with E-state index in [1.807, 2.05) is 0 Å². The van der Waals surface area contributed by atoms with Gasteiger partial charge in [-0.15, -0.1) is 0 Å². The summed E-state index contributed by atoms with van der Waals surface area (Å²) in [6.45, 7) is 2.87. The second-order valence-corrected chi connectivity index (χ2v) is 8.09. The van der Waals surface area contributed by atoms with Crippen LogP contribution in [-0.4, -0.2) is 87.5 Å². The van der Waals surface area contributed by atoms with E-state index in [-0.39, 0.29) is 36.2 Å². The lowest BCUT2D eigenvalue weighted by molar-refractivity contribution is -0.931. The van der Waals surface area contributed by atoms with Gasteiger partial charge in [0.25, 0.3) is 0 Å². The number of nitrogens with zero attached hydrogens (tertiary/aromatic N) is 2. The molecule has 1 aliphatic rings. The Labute approximate surface area is 134 Å². The second kappa shape index (κ2) is 6.54. The van der Waals surface area contributed by atoms with Crippen LogP contribution >= 0.6 is 0 Å². The molecule has 22 heavy (non-hydrogen) atoms. The fourth-order valence-electron chi connectivity index (χ4n) is 3.56. The summed E-state index contributed by atoms with van der Waals surface area (Å²) < 4.78 is 12.6. The molecule has 128 valence electrons. The Balaban J connectivity index is 3.22. The van der Waals surface area contributed by atoms with E-state index in [2.05, 4.69) is 42.3 Å². The van der Waals surface area contributed by atoms with Crippen molar-refractivity contribution in [1.82, 2.24) is 0 Å². The molecule has 0 radical (unpaired) electrons. The van der Waals surface area contributed by atoms with Gasteiger partial charge in [0.2, 0.25) is 6.10 Å². The van der Waals surface area contributed by atoms with Gasteiger partial charge in [-0.25, -0.2) is 0 Å².